The SMILES string of the molecule is COc1ccc(CC(=O)NCCNc2ncc(C(F)(F)F)cc2Cl)cc1. The van der Waals surface area contributed by atoms with Gasteiger partial charge in [-0.15, -0.1) is 0 Å². The van der Waals surface area contributed by atoms with Crippen molar-refractivity contribution in [1.82, 2.24) is 10.3 Å². The van der Waals surface area contributed by atoms with Crippen molar-refractivity contribution >= 4 is 23.3 Å². The molecule has 0 saturated heterocycles. The van der Waals surface area contributed by atoms with Gasteiger partial charge in [-0.05, 0) is 23.8 Å². The van der Waals surface area contributed by atoms with Crippen molar-refractivity contribution in [2.24, 2.45) is 0 Å². The van der Waals surface area contributed by atoms with Gasteiger partial charge in [0.25, 0.3) is 0 Å². The fraction of sp³-hybridized carbons (Fsp3) is 0.294. The number of aromatic nitrogens is 1. The van der Waals surface area contributed by atoms with Gasteiger partial charge in [-0.25, -0.2) is 4.98 Å². The maximum absolute atomic E-state index is 12.5. The summed E-state index contributed by atoms with van der Waals surface area (Å²) in [6, 6.07) is 7.93. The molecule has 5 nitrogen and oxygen atoms in total. The minimum absolute atomic E-state index is 0.129. The molecule has 0 aliphatic heterocycles. The zero-order valence-corrected chi connectivity index (χ0v) is 14.6. The van der Waals surface area contributed by atoms with Crippen LogP contribution in [0.5, 0.6) is 5.75 Å². The number of carbonyl (C=O) groups is 1. The Morgan fingerprint density at radius 3 is 2.50 bits per heavy atom. The summed E-state index contributed by atoms with van der Waals surface area (Å²) in [4.78, 5) is 15.5. The first kappa shape index (κ1) is 19.8. The molecule has 140 valence electrons. The van der Waals surface area contributed by atoms with E-state index in [9.17, 15) is 18.0 Å². The summed E-state index contributed by atoms with van der Waals surface area (Å²) < 4.78 is 42.7. The number of halogens is 4. The van der Waals surface area contributed by atoms with Crippen LogP contribution in [-0.4, -0.2) is 31.1 Å². The second-order valence-corrected chi connectivity index (χ2v) is 5.76. The average molecular weight is 388 g/mol. The van der Waals surface area contributed by atoms with Crippen LogP contribution in [0.15, 0.2) is 36.5 Å². The molecule has 9 heteroatoms. The first-order valence-corrected chi connectivity index (χ1v) is 8.03. The number of rotatable bonds is 7. The zero-order valence-electron chi connectivity index (χ0n) is 13.9. The van der Waals surface area contributed by atoms with Gasteiger partial charge in [-0.2, -0.15) is 13.2 Å². The van der Waals surface area contributed by atoms with Gasteiger partial charge in [0, 0.05) is 19.3 Å². The van der Waals surface area contributed by atoms with Gasteiger partial charge < -0.3 is 15.4 Å². The topological polar surface area (TPSA) is 63.2 Å². The number of nitrogens with zero attached hydrogens (tertiary/aromatic N) is 1. The van der Waals surface area contributed by atoms with Crippen molar-refractivity contribution in [2.45, 2.75) is 12.6 Å². The van der Waals surface area contributed by atoms with Gasteiger partial charge in [0.05, 0.1) is 24.1 Å². The lowest BCUT2D eigenvalue weighted by molar-refractivity contribution is -0.137. The number of ether oxygens (including phenoxy) is 1. The van der Waals surface area contributed by atoms with Crippen molar-refractivity contribution < 1.29 is 22.7 Å². The number of methoxy groups -OCH3 is 1. The molecule has 0 atom stereocenters. The van der Waals surface area contributed by atoms with Gasteiger partial charge in [-0.3, -0.25) is 4.79 Å². The lowest BCUT2D eigenvalue weighted by Crippen LogP contribution is -2.30. The first-order chi connectivity index (χ1) is 12.3. The molecule has 1 aromatic carbocycles. The molecule has 0 unspecified atom stereocenters. The van der Waals surface area contributed by atoms with Crippen LogP contribution >= 0.6 is 11.6 Å². The Morgan fingerprint density at radius 2 is 1.92 bits per heavy atom. The maximum atomic E-state index is 12.5. The monoisotopic (exact) mass is 387 g/mol. The van der Waals surface area contributed by atoms with E-state index in [1.807, 2.05) is 0 Å². The Kier molecular flexibility index (Phi) is 6.68. The summed E-state index contributed by atoms with van der Waals surface area (Å²) in [5, 5.41) is 5.35. The highest BCUT2D eigenvalue weighted by molar-refractivity contribution is 6.32. The lowest BCUT2D eigenvalue weighted by atomic mass is 10.1. The normalized spacial score (nSPS) is 11.1. The van der Waals surface area contributed by atoms with Crippen LogP contribution in [0.3, 0.4) is 0 Å². The van der Waals surface area contributed by atoms with Gasteiger partial charge >= 0.3 is 6.18 Å². The number of anilines is 1. The van der Waals surface area contributed by atoms with Crippen molar-refractivity contribution in [2.75, 3.05) is 25.5 Å². The predicted octanol–water partition coefficient (Wildman–Crippen LogP) is 3.53. The van der Waals surface area contributed by atoms with Gasteiger partial charge in [0.1, 0.15) is 11.6 Å². The minimum atomic E-state index is -4.50. The van der Waals surface area contributed by atoms with Crippen molar-refractivity contribution in [3.8, 4) is 5.75 Å². The molecule has 26 heavy (non-hydrogen) atoms. The van der Waals surface area contributed by atoms with Gasteiger partial charge in [-0.1, -0.05) is 23.7 Å². The van der Waals surface area contributed by atoms with Crippen LogP contribution in [0, 0.1) is 0 Å². The highest BCUT2D eigenvalue weighted by Crippen LogP contribution is 2.32. The third-order valence-corrected chi connectivity index (χ3v) is 3.72. The predicted molar refractivity (Wildman–Crippen MR) is 92.4 cm³/mol. The van der Waals surface area contributed by atoms with E-state index in [1.54, 1.807) is 31.4 Å². The molecular weight excluding hydrogens is 371 g/mol. The summed E-state index contributed by atoms with van der Waals surface area (Å²) in [5.41, 5.74) is -0.0791. The summed E-state index contributed by atoms with van der Waals surface area (Å²) in [5.74, 6) is 0.659. The molecule has 0 aliphatic carbocycles. The molecule has 0 radical (unpaired) electrons. The van der Waals surface area contributed by atoms with Crippen LogP contribution in [-0.2, 0) is 17.4 Å². The fourth-order valence-electron chi connectivity index (χ4n) is 2.10. The van der Waals surface area contributed by atoms with Crippen LogP contribution in [0.4, 0.5) is 19.0 Å². The average Bonchev–Trinajstić information content (AvgIpc) is 2.59. The van der Waals surface area contributed by atoms with Gasteiger partial charge in [0.2, 0.25) is 5.91 Å². The zero-order chi connectivity index (χ0) is 19.2. The Bertz CT molecular complexity index is 752. The van der Waals surface area contributed by atoms with E-state index >= 15 is 0 Å². The Morgan fingerprint density at radius 1 is 1.23 bits per heavy atom. The largest absolute Gasteiger partial charge is 0.497 e. The molecule has 2 rings (SSSR count). The highest BCUT2D eigenvalue weighted by atomic mass is 35.5. The molecule has 0 aliphatic rings. The summed E-state index contributed by atoms with van der Waals surface area (Å²) in [6.07, 6.45) is -3.58. The highest BCUT2D eigenvalue weighted by Gasteiger charge is 2.31. The number of nitrogens with one attached hydrogen (secondary N) is 2. The quantitative estimate of drug-likeness (QED) is 0.713. The Balaban J connectivity index is 1.76. The summed E-state index contributed by atoms with van der Waals surface area (Å²) >= 11 is 5.79. The molecule has 1 amide bonds. The van der Waals surface area contributed by atoms with Crippen LogP contribution in [0.25, 0.3) is 0 Å². The smallest absolute Gasteiger partial charge is 0.417 e. The van der Waals surface area contributed by atoms with Crippen molar-refractivity contribution in [1.29, 1.82) is 0 Å². The summed E-state index contributed by atoms with van der Waals surface area (Å²) in [7, 11) is 1.56. The number of hydrogen-bond donors (Lipinski definition) is 2. The molecular formula is C17H17ClF3N3O2. The molecule has 2 N–H and O–H groups in total. The maximum Gasteiger partial charge on any atom is 0.417 e. The van der Waals surface area contributed by atoms with E-state index in [0.717, 1.165) is 11.6 Å². The second-order valence-electron chi connectivity index (χ2n) is 5.35. The van der Waals surface area contributed by atoms with E-state index < -0.39 is 11.7 Å². The number of carbonyl (C=O) groups excluding carboxylic acids is 1. The van der Waals surface area contributed by atoms with Crippen LogP contribution in [0.1, 0.15) is 11.1 Å². The molecule has 1 aromatic heterocycles. The van der Waals surface area contributed by atoms with Crippen LogP contribution < -0.4 is 15.4 Å². The number of amides is 1. The van der Waals surface area contributed by atoms with E-state index in [-0.39, 0.29) is 36.3 Å². The number of hydrogen-bond acceptors (Lipinski definition) is 4. The third kappa shape index (κ3) is 5.80. The molecule has 1 heterocycles. The first-order valence-electron chi connectivity index (χ1n) is 7.66. The molecule has 0 saturated carbocycles. The van der Waals surface area contributed by atoms with Crippen molar-refractivity contribution in [3.63, 3.8) is 0 Å². The molecule has 0 spiro atoms. The van der Waals surface area contributed by atoms with Crippen LogP contribution in [0.2, 0.25) is 5.02 Å². The molecule has 0 fully saturated rings. The Hall–Kier alpha value is -2.48. The summed E-state index contributed by atoms with van der Waals surface area (Å²) in [6.45, 7) is 0.542. The van der Waals surface area contributed by atoms with E-state index in [1.165, 1.54) is 0 Å². The minimum Gasteiger partial charge on any atom is -0.497 e. The van der Waals surface area contributed by atoms with Crippen molar-refractivity contribution in [3.05, 3.63) is 52.7 Å². The number of alkyl halides is 3. The number of pyridine rings is 1. The fourth-order valence-corrected chi connectivity index (χ4v) is 2.33. The van der Waals surface area contributed by atoms with Gasteiger partial charge in [0.15, 0.2) is 0 Å². The Labute approximate surface area is 153 Å². The van der Waals surface area contributed by atoms with E-state index in [0.29, 0.717) is 11.9 Å². The lowest BCUT2D eigenvalue weighted by Gasteiger charge is -2.11. The van der Waals surface area contributed by atoms with E-state index in [4.69, 9.17) is 16.3 Å². The second kappa shape index (κ2) is 8.75. The molecule has 2 aromatic rings. The molecule has 0 bridgehead atoms. The third-order valence-electron chi connectivity index (χ3n) is 3.43. The van der Waals surface area contributed by atoms with E-state index in [2.05, 4.69) is 15.6 Å². The number of benzene rings is 1. The standard InChI is InChI=1S/C17H17ClF3N3O2/c1-26-13-4-2-11(3-5-13)8-15(25)22-6-7-23-16-14(18)9-12(10-24-16)17(19,20)21/h2-5,9-10H,6-8H2,1H3,(H,22,25)(H,23,24).